The minimum Gasteiger partial charge on any atom is -0.480 e. The van der Waals surface area contributed by atoms with Crippen LogP contribution in [-0.4, -0.2) is 164 Å². The van der Waals surface area contributed by atoms with E-state index in [4.69, 9.17) is 15.2 Å². The van der Waals surface area contributed by atoms with Crippen molar-refractivity contribution >= 4 is 113 Å². The molecule has 4 unspecified atom stereocenters. The summed E-state index contributed by atoms with van der Waals surface area (Å²) in [6, 6.07) is 15.5. The Balaban J connectivity index is 0.000000368. The highest BCUT2D eigenvalue weighted by Gasteiger charge is 2.54. The van der Waals surface area contributed by atoms with Crippen molar-refractivity contribution in [3.8, 4) is 0 Å². The van der Waals surface area contributed by atoms with E-state index in [1.54, 1.807) is 113 Å². The standard InChI is InChI=1S/C31H44N2O7S2.C17H26N2O3.C12H19NO4S2.ClH/c1-6-10-22(28(38)24(35)13-14-26(37)32-27(20(2)34)21-11-8-7-9-12-21)17-25(36)23-18-31(41-15-16-42-31)19-33(23)29(39)40-30(3,4)5;1-3-7-14(18)17(22)15(20)10-11-16(21)19-12(2)13-8-5-4-6-9-13;1-11(2,3)17-10(16)13-7-12(18-4-5-19-12)6-8(13)9(14)15;/h7-9,11-12,22-23,27-28,38H,6,10,13-19H2,1-5H3,(H,32,37);4-6,8-9,12,14,17,22H,3,7,10-11,18H2,1-2H3,(H,19,21);8H,4-7H2,1-3H3,(H,14,15);1H/t22?,23-,27+,28?;12-,14?,17?;8-;/m010./s1. The first-order chi connectivity index (χ1) is 38.9. The van der Waals surface area contributed by atoms with Gasteiger partial charge in [0.2, 0.25) is 11.8 Å². The number of Topliss-reactive ketones (excluding diaryl/α,β-unsaturated/α-hetero) is 4. The summed E-state index contributed by atoms with van der Waals surface area (Å²) in [7, 11) is 0. The van der Waals surface area contributed by atoms with E-state index in [0.717, 1.165) is 35.0 Å². The second-order valence-electron chi connectivity index (χ2n) is 23.4. The molecule has 4 aliphatic heterocycles. The van der Waals surface area contributed by atoms with Gasteiger partial charge in [-0.25, -0.2) is 14.4 Å². The summed E-state index contributed by atoms with van der Waals surface area (Å²) in [5.41, 5.74) is 6.06. The number of aliphatic hydroxyl groups is 2. The summed E-state index contributed by atoms with van der Waals surface area (Å²) in [5.74, 6) is 0.346. The maximum Gasteiger partial charge on any atom is 0.411 e. The van der Waals surface area contributed by atoms with Crippen molar-refractivity contribution in [2.75, 3.05) is 36.1 Å². The van der Waals surface area contributed by atoms with Crippen molar-refractivity contribution in [3.05, 3.63) is 71.8 Å². The molecule has 0 bridgehead atoms. The molecule has 8 atom stereocenters. The predicted octanol–water partition coefficient (Wildman–Crippen LogP) is 9.08. The number of aliphatic carboxylic acids is 1. The number of hydrogen-bond acceptors (Lipinski definition) is 18. The zero-order valence-corrected chi connectivity index (χ0v) is 54.3. The summed E-state index contributed by atoms with van der Waals surface area (Å²) >= 11 is 7.06. The quantitative estimate of drug-likeness (QED) is 0.0604. The topological polar surface area (TPSA) is 289 Å². The summed E-state index contributed by atoms with van der Waals surface area (Å²) in [5, 5.41) is 35.6. The monoisotopic (exact) mass is 1270 g/mol. The van der Waals surface area contributed by atoms with Crippen molar-refractivity contribution in [2.45, 2.75) is 202 Å². The lowest BCUT2D eigenvalue weighted by molar-refractivity contribution is -0.142. The molecule has 2 aromatic rings. The van der Waals surface area contributed by atoms with Gasteiger partial charge in [0.15, 0.2) is 23.1 Å². The van der Waals surface area contributed by atoms with Gasteiger partial charge in [-0.05, 0) is 85.3 Å². The SMILES string of the molecule is CC(C)(C)OC(=O)N1CC2(C[C@H]1C(=O)O)SCCS2.CCCC(CC(=O)[C@@H]1CC2(CN1C(=O)OC(C)(C)C)SCCS2)C(O)C(=O)CCC(=O)N[C@H](C(C)=O)c1ccccc1.CCCC(N)C(O)C(=O)CCC(=O)N[C@H](C)c1ccccc1.Cl. The van der Waals surface area contributed by atoms with Crippen LogP contribution < -0.4 is 16.4 Å². The molecule has 19 nitrogen and oxygen atoms in total. The fourth-order valence-corrected chi connectivity index (χ4v) is 16.5. The fraction of sp³-hybridized carbons (Fsp3) is 0.650. The van der Waals surface area contributed by atoms with Gasteiger partial charge in [-0.15, -0.1) is 59.5 Å². The van der Waals surface area contributed by atoms with Crippen LogP contribution >= 0.6 is 59.5 Å². The Labute approximate surface area is 519 Å². The van der Waals surface area contributed by atoms with Crippen LogP contribution in [0.2, 0.25) is 0 Å². The zero-order chi connectivity index (χ0) is 61.9. The van der Waals surface area contributed by atoms with Crippen molar-refractivity contribution in [1.82, 2.24) is 20.4 Å². The first-order valence-corrected chi connectivity index (χ1v) is 32.5. The summed E-state index contributed by atoms with van der Waals surface area (Å²) in [6.07, 6.45) is -0.556. The fourth-order valence-electron chi connectivity index (χ4n) is 9.96. The number of amides is 4. The molecule has 470 valence electrons. The highest BCUT2D eigenvalue weighted by Crippen LogP contribution is 2.53. The Bertz CT molecular complexity index is 2510. The number of benzene rings is 2. The van der Waals surface area contributed by atoms with Crippen molar-refractivity contribution < 1.29 is 67.9 Å². The van der Waals surface area contributed by atoms with E-state index in [-0.39, 0.29) is 82.0 Å². The van der Waals surface area contributed by atoms with Crippen LogP contribution in [0.1, 0.15) is 163 Å². The number of carboxylic acids is 1. The van der Waals surface area contributed by atoms with E-state index in [1.165, 1.54) is 16.7 Å². The van der Waals surface area contributed by atoms with Crippen LogP contribution in [0.15, 0.2) is 60.7 Å². The first-order valence-electron chi connectivity index (χ1n) is 28.6. The highest BCUT2D eigenvalue weighted by molar-refractivity contribution is 8.21. The average molecular weight is 1270 g/mol. The van der Waals surface area contributed by atoms with E-state index in [1.807, 2.05) is 57.2 Å². The number of thioether (sulfide) groups is 4. The van der Waals surface area contributed by atoms with Crippen molar-refractivity contribution in [3.63, 3.8) is 0 Å². The zero-order valence-electron chi connectivity index (χ0n) is 50.3. The second-order valence-corrected chi connectivity index (χ2v) is 29.9. The number of carbonyl (C=O) groups excluding carboxylic acids is 8. The van der Waals surface area contributed by atoms with E-state index in [0.29, 0.717) is 50.8 Å². The van der Waals surface area contributed by atoms with Crippen LogP contribution in [0, 0.1) is 5.92 Å². The molecule has 7 N–H and O–H groups in total. The largest absolute Gasteiger partial charge is 0.480 e. The van der Waals surface area contributed by atoms with Gasteiger partial charge in [-0.3, -0.25) is 38.6 Å². The Morgan fingerprint density at radius 3 is 1.49 bits per heavy atom. The molecule has 2 spiro atoms. The molecule has 84 heavy (non-hydrogen) atoms. The van der Waals surface area contributed by atoms with Gasteiger partial charge in [0, 0.05) is 87.1 Å². The minimum atomic E-state index is -1.42. The number of nitrogens with two attached hydrogens (primary N) is 1. The van der Waals surface area contributed by atoms with Gasteiger partial charge in [0.1, 0.15) is 35.5 Å². The molecule has 4 saturated heterocycles. The van der Waals surface area contributed by atoms with Crippen LogP contribution in [0.5, 0.6) is 0 Å². The number of hydrogen-bond donors (Lipinski definition) is 6. The molecule has 24 heteroatoms. The molecule has 2 aromatic carbocycles. The van der Waals surface area contributed by atoms with Crippen LogP contribution in [0.3, 0.4) is 0 Å². The predicted molar refractivity (Wildman–Crippen MR) is 335 cm³/mol. The van der Waals surface area contributed by atoms with Gasteiger partial charge in [0.25, 0.3) is 0 Å². The third kappa shape index (κ3) is 23.4. The number of ether oxygens (including phenoxy) is 2. The maximum atomic E-state index is 13.7. The van der Waals surface area contributed by atoms with Crippen molar-refractivity contribution in [2.24, 2.45) is 11.7 Å². The number of nitrogens with one attached hydrogen (secondary N) is 2. The normalized spacial score (nSPS) is 19.8. The number of rotatable bonds is 23. The Kier molecular flexibility index (Phi) is 30.1. The molecule has 0 saturated carbocycles. The third-order valence-corrected chi connectivity index (χ3v) is 21.0. The van der Waals surface area contributed by atoms with Gasteiger partial charge in [-0.1, -0.05) is 87.4 Å². The van der Waals surface area contributed by atoms with E-state index in [9.17, 15) is 58.5 Å². The highest BCUT2D eigenvalue weighted by atomic mass is 35.5. The van der Waals surface area contributed by atoms with Crippen LogP contribution in [0.25, 0.3) is 0 Å². The maximum absolute atomic E-state index is 13.7. The number of nitrogens with zero attached hydrogens (tertiary/aromatic N) is 2. The van der Waals surface area contributed by atoms with Gasteiger partial charge in [0.05, 0.1) is 20.2 Å². The molecule has 0 aliphatic carbocycles. The first kappa shape index (κ1) is 73.9. The second kappa shape index (κ2) is 34.3. The molecule has 0 aromatic heterocycles. The third-order valence-electron chi connectivity index (χ3n) is 14.1. The number of likely N-dealkylation sites (tertiary alicyclic amines) is 2. The molecule has 6 rings (SSSR count). The Morgan fingerprint density at radius 1 is 0.643 bits per heavy atom. The van der Waals surface area contributed by atoms with Crippen LogP contribution in [-0.2, 0) is 43.0 Å². The molecule has 4 amide bonds. The van der Waals surface area contributed by atoms with Crippen LogP contribution in [0.4, 0.5) is 9.59 Å². The minimum absolute atomic E-state index is 0. The summed E-state index contributed by atoms with van der Waals surface area (Å²) in [4.78, 5) is 115. The average Bonchev–Trinajstić information content (AvgIpc) is 2.18. The summed E-state index contributed by atoms with van der Waals surface area (Å²) in [6.45, 7) is 18.7. The van der Waals surface area contributed by atoms with Gasteiger partial charge < -0.3 is 41.2 Å². The number of carboxylic acid groups (broad SMARTS) is 1. The molecule has 0 radical (unpaired) electrons. The smallest absolute Gasteiger partial charge is 0.411 e. The molecule has 4 heterocycles. The lowest BCUT2D eigenvalue weighted by Crippen LogP contribution is -2.45. The van der Waals surface area contributed by atoms with E-state index < -0.39 is 83.3 Å². The lowest BCUT2D eigenvalue weighted by atomic mass is 9.86. The summed E-state index contributed by atoms with van der Waals surface area (Å²) < 4.78 is 10.5. The van der Waals surface area contributed by atoms with Crippen molar-refractivity contribution in [1.29, 1.82) is 0 Å². The Morgan fingerprint density at radius 2 is 1.06 bits per heavy atom. The number of aliphatic hydroxyl groups excluding tert-OH is 2. The van der Waals surface area contributed by atoms with Gasteiger partial charge >= 0.3 is 18.2 Å². The van der Waals surface area contributed by atoms with Gasteiger partial charge in [-0.2, -0.15) is 0 Å². The number of ketones is 4. The lowest BCUT2D eigenvalue weighted by Gasteiger charge is -2.29. The Hall–Kier alpha value is -4.36. The van der Waals surface area contributed by atoms with E-state index in [2.05, 4.69) is 10.6 Å². The number of halogens is 1. The number of carbonyl (C=O) groups is 9. The molecule has 4 fully saturated rings. The molecular weight excluding hydrogens is 1180 g/mol. The molecule has 4 aliphatic rings. The molecular formula is C60H90ClN5O14S4. The van der Waals surface area contributed by atoms with E-state index >= 15 is 0 Å².